The molecule has 0 saturated carbocycles. The fraction of sp³-hybridized carbons (Fsp3) is 0.263. The summed E-state index contributed by atoms with van der Waals surface area (Å²) in [5, 5.41) is 2.81. The van der Waals surface area contributed by atoms with E-state index < -0.39 is 23.1 Å². The van der Waals surface area contributed by atoms with Gasteiger partial charge in [0.1, 0.15) is 0 Å². The van der Waals surface area contributed by atoms with Crippen LogP contribution in [0.15, 0.2) is 48.5 Å². The van der Waals surface area contributed by atoms with Gasteiger partial charge in [-0.25, -0.2) is 0 Å². The van der Waals surface area contributed by atoms with Gasteiger partial charge in [0.25, 0.3) is 5.91 Å². The van der Waals surface area contributed by atoms with Crippen LogP contribution in [0.2, 0.25) is 0 Å². The maximum Gasteiger partial charge on any atom is 0.417 e. The van der Waals surface area contributed by atoms with Gasteiger partial charge < -0.3 is 10.2 Å². The van der Waals surface area contributed by atoms with Crippen molar-refractivity contribution < 1.29 is 22.8 Å². The van der Waals surface area contributed by atoms with E-state index in [0.29, 0.717) is 12.1 Å². The van der Waals surface area contributed by atoms with Gasteiger partial charge in [0.2, 0.25) is 5.91 Å². The van der Waals surface area contributed by atoms with E-state index >= 15 is 0 Å². The number of nitrogens with zero attached hydrogens (tertiary/aromatic N) is 1. The second-order valence-corrected chi connectivity index (χ2v) is 6.60. The Morgan fingerprint density at radius 2 is 1.77 bits per heavy atom. The van der Waals surface area contributed by atoms with Crippen molar-refractivity contribution in [2.45, 2.75) is 18.0 Å². The summed E-state index contributed by atoms with van der Waals surface area (Å²) in [7, 11) is 0. The molecule has 4 nitrogen and oxygen atoms in total. The van der Waals surface area contributed by atoms with E-state index in [0.717, 1.165) is 11.6 Å². The van der Waals surface area contributed by atoms with Crippen LogP contribution in [-0.2, 0) is 16.4 Å². The summed E-state index contributed by atoms with van der Waals surface area (Å²) in [5.41, 5.74) is -0.739. The number of nitrogens with one attached hydrogen (secondary N) is 1. The lowest BCUT2D eigenvalue weighted by molar-refractivity contribution is -0.138. The zero-order valence-corrected chi connectivity index (χ0v) is 13.6. The predicted octanol–water partition coefficient (Wildman–Crippen LogP) is 3.44. The molecule has 7 heteroatoms. The average Bonchev–Trinajstić information content (AvgIpc) is 3.18. The number of hydrogen-bond acceptors (Lipinski definition) is 2. The third kappa shape index (κ3) is 2.38. The Hall–Kier alpha value is -2.83. The molecule has 0 bridgehead atoms. The van der Waals surface area contributed by atoms with Gasteiger partial charge in [-0.15, -0.1) is 0 Å². The van der Waals surface area contributed by atoms with Gasteiger partial charge in [-0.1, -0.05) is 30.3 Å². The highest BCUT2D eigenvalue weighted by Gasteiger charge is 2.52. The molecule has 2 aromatic rings. The highest BCUT2D eigenvalue weighted by molar-refractivity contribution is 6.07. The number of likely N-dealkylation sites (tertiary alicyclic amines) is 1. The molecular weight excluding hydrogens is 345 g/mol. The first-order valence-electron chi connectivity index (χ1n) is 8.19. The fourth-order valence-corrected chi connectivity index (χ4v) is 3.85. The first kappa shape index (κ1) is 16.6. The topological polar surface area (TPSA) is 49.4 Å². The van der Waals surface area contributed by atoms with Gasteiger partial charge in [0.05, 0.1) is 16.5 Å². The van der Waals surface area contributed by atoms with Crippen LogP contribution in [0.25, 0.3) is 0 Å². The summed E-state index contributed by atoms with van der Waals surface area (Å²) < 4.78 is 39.6. The molecule has 2 aliphatic heterocycles. The third-order valence-corrected chi connectivity index (χ3v) is 5.14. The molecule has 26 heavy (non-hydrogen) atoms. The number of rotatable bonds is 1. The minimum atomic E-state index is -4.61. The Kier molecular flexibility index (Phi) is 3.57. The molecule has 1 spiro atoms. The van der Waals surface area contributed by atoms with Crippen molar-refractivity contribution in [1.29, 1.82) is 0 Å². The van der Waals surface area contributed by atoms with Crippen molar-refractivity contribution in [3.05, 3.63) is 65.2 Å². The summed E-state index contributed by atoms with van der Waals surface area (Å²) in [6, 6.07) is 12.0. The third-order valence-electron chi connectivity index (χ3n) is 5.14. The van der Waals surface area contributed by atoms with Crippen molar-refractivity contribution in [3.8, 4) is 0 Å². The highest BCUT2D eigenvalue weighted by atomic mass is 19.4. The summed E-state index contributed by atoms with van der Waals surface area (Å²) in [6.07, 6.45) is -4.23. The van der Waals surface area contributed by atoms with Crippen LogP contribution in [0.5, 0.6) is 0 Å². The predicted molar refractivity (Wildman–Crippen MR) is 88.7 cm³/mol. The van der Waals surface area contributed by atoms with E-state index in [1.165, 1.54) is 23.1 Å². The van der Waals surface area contributed by atoms with Crippen LogP contribution >= 0.6 is 0 Å². The largest absolute Gasteiger partial charge is 0.417 e. The zero-order chi connectivity index (χ0) is 18.5. The van der Waals surface area contributed by atoms with Crippen molar-refractivity contribution in [1.82, 2.24) is 4.90 Å². The van der Waals surface area contributed by atoms with Gasteiger partial charge in [0.15, 0.2) is 0 Å². The van der Waals surface area contributed by atoms with Gasteiger partial charge in [-0.3, -0.25) is 9.59 Å². The molecule has 2 aromatic carbocycles. The molecule has 1 saturated heterocycles. The normalized spacial score (nSPS) is 21.8. The Bertz CT molecular complexity index is 910. The Balaban J connectivity index is 1.67. The summed E-state index contributed by atoms with van der Waals surface area (Å²) >= 11 is 0. The van der Waals surface area contributed by atoms with Crippen LogP contribution in [0.1, 0.15) is 27.9 Å². The number of carbonyl (C=O) groups excluding carboxylic acids is 2. The maximum absolute atomic E-state index is 13.2. The molecule has 0 aromatic heterocycles. The number of para-hydroxylation sites is 1. The first-order chi connectivity index (χ1) is 12.3. The lowest BCUT2D eigenvalue weighted by atomic mass is 9.81. The maximum atomic E-state index is 13.2. The van der Waals surface area contributed by atoms with E-state index in [-0.39, 0.29) is 24.6 Å². The highest BCUT2D eigenvalue weighted by Crippen LogP contribution is 2.44. The molecular formula is C19H15F3N2O2. The molecule has 1 atom stereocenters. The zero-order valence-electron chi connectivity index (χ0n) is 13.6. The van der Waals surface area contributed by atoms with Crippen molar-refractivity contribution >= 4 is 17.5 Å². The second-order valence-electron chi connectivity index (χ2n) is 6.60. The van der Waals surface area contributed by atoms with E-state index in [4.69, 9.17) is 0 Å². The number of fused-ring (bicyclic) bond motifs is 2. The Morgan fingerprint density at radius 3 is 2.54 bits per heavy atom. The number of hydrogen-bond donors (Lipinski definition) is 1. The number of alkyl halides is 3. The van der Waals surface area contributed by atoms with Gasteiger partial charge in [-0.05, 0) is 30.2 Å². The lowest BCUT2D eigenvalue weighted by Gasteiger charge is -2.23. The molecule has 2 heterocycles. The van der Waals surface area contributed by atoms with E-state index in [1.807, 2.05) is 12.1 Å². The minimum Gasteiger partial charge on any atom is -0.337 e. The molecule has 4 rings (SSSR count). The monoisotopic (exact) mass is 360 g/mol. The molecule has 1 fully saturated rings. The number of amides is 2. The van der Waals surface area contributed by atoms with Crippen molar-refractivity contribution in [3.63, 3.8) is 0 Å². The lowest BCUT2D eigenvalue weighted by Crippen LogP contribution is -2.39. The minimum absolute atomic E-state index is 0.0703. The number of halogens is 3. The van der Waals surface area contributed by atoms with E-state index in [2.05, 4.69) is 5.32 Å². The summed E-state index contributed by atoms with van der Waals surface area (Å²) in [5.74, 6) is -0.912. The quantitative estimate of drug-likeness (QED) is 0.847. The summed E-state index contributed by atoms with van der Waals surface area (Å²) in [4.78, 5) is 26.7. The van der Waals surface area contributed by atoms with Gasteiger partial charge in [0, 0.05) is 18.8 Å². The van der Waals surface area contributed by atoms with Crippen LogP contribution in [0, 0.1) is 0 Å². The Labute approximate surface area is 147 Å². The van der Waals surface area contributed by atoms with Gasteiger partial charge >= 0.3 is 6.18 Å². The number of anilines is 1. The standard InChI is InChI=1S/C19H15F3N2O2/c20-19(21,22)13-6-2-1-5-12(13)16(25)24-10-9-18(11-24)14-7-3-4-8-15(14)23-17(18)26/h1-8H,9-11H2,(H,23,26)/t18-/m1/s1. The Morgan fingerprint density at radius 1 is 1.08 bits per heavy atom. The smallest absolute Gasteiger partial charge is 0.337 e. The van der Waals surface area contributed by atoms with Crippen LogP contribution in [-0.4, -0.2) is 29.8 Å². The molecule has 2 aliphatic rings. The van der Waals surface area contributed by atoms with Crippen molar-refractivity contribution in [2.75, 3.05) is 18.4 Å². The van der Waals surface area contributed by atoms with Crippen LogP contribution in [0.4, 0.5) is 18.9 Å². The fourth-order valence-electron chi connectivity index (χ4n) is 3.85. The molecule has 2 amide bonds. The van der Waals surface area contributed by atoms with Crippen LogP contribution in [0.3, 0.4) is 0 Å². The molecule has 134 valence electrons. The molecule has 0 radical (unpaired) electrons. The second kappa shape index (κ2) is 5.59. The van der Waals surface area contributed by atoms with Gasteiger partial charge in [-0.2, -0.15) is 13.2 Å². The molecule has 0 unspecified atom stereocenters. The first-order valence-corrected chi connectivity index (χ1v) is 8.19. The number of carbonyl (C=O) groups is 2. The summed E-state index contributed by atoms with van der Waals surface area (Å²) in [6.45, 7) is 0.299. The van der Waals surface area contributed by atoms with Crippen LogP contribution < -0.4 is 5.32 Å². The van der Waals surface area contributed by atoms with E-state index in [1.54, 1.807) is 12.1 Å². The molecule has 0 aliphatic carbocycles. The van der Waals surface area contributed by atoms with Crippen molar-refractivity contribution in [2.24, 2.45) is 0 Å². The number of benzene rings is 2. The average molecular weight is 360 g/mol. The SMILES string of the molecule is O=C(c1ccccc1C(F)(F)F)N1CC[C@]2(C1)C(=O)Nc1ccccc12. The van der Waals surface area contributed by atoms with E-state index in [9.17, 15) is 22.8 Å². The molecule has 1 N–H and O–H groups in total.